The first-order valence-corrected chi connectivity index (χ1v) is 9.58. The zero-order valence-electron chi connectivity index (χ0n) is 15.7. The third-order valence-electron chi connectivity index (χ3n) is 4.75. The number of nitrogens with zero attached hydrogens (tertiary/aromatic N) is 2. The van der Waals surface area contributed by atoms with Crippen LogP contribution in [0.1, 0.15) is 13.3 Å². The number of carbonyl (C=O) groups excluding carboxylic acids is 1. The third kappa shape index (κ3) is 4.86. The second kappa shape index (κ2) is 9.00. The molecule has 1 atom stereocenters. The van der Waals surface area contributed by atoms with Crippen molar-refractivity contribution in [2.24, 2.45) is 0 Å². The molecular weight excluding hydrogens is 364 g/mol. The maximum atomic E-state index is 12.9. The lowest BCUT2D eigenvalue weighted by Gasteiger charge is -2.37. The van der Waals surface area contributed by atoms with Crippen molar-refractivity contribution in [2.75, 3.05) is 38.2 Å². The lowest BCUT2D eigenvalue weighted by Crippen LogP contribution is -2.52. The maximum absolute atomic E-state index is 12.9. The second-order valence-electron chi connectivity index (χ2n) is 6.48. The number of benzene rings is 2. The predicted octanol–water partition coefficient (Wildman–Crippen LogP) is 3.85. The van der Waals surface area contributed by atoms with Gasteiger partial charge in [-0.15, -0.1) is 0 Å². The number of carbonyl (C=O) groups is 1. The highest BCUT2D eigenvalue weighted by Gasteiger charge is 2.28. The zero-order chi connectivity index (χ0) is 19.2. The van der Waals surface area contributed by atoms with Crippen LogP contribution in [0.2, 0.25) is 5.02 Å². The fourth-order valence-electron chi connectivity index (χ4n) is 3.19. The van der Waals surface area contributed by atoms with E-state index in [9.17, 15) is 4.79 Å². The fraction of sp³-hybridized carbons (Fsp3) is 0.381. The first-order valence-electron chi connectivity index (χ1n) is 9.20. The van der Waals surface area contributed by atoms with Gasteiger partial charge >= 0.3 is 0 Å². The van der Waals surface area contributed by atoms with Crippen LogP contribution in [0.25, 0.3) is 0 Å². The van der Waals surface area contributed by atoms with Crippen LogP contribution >= 0.6 is 11.6 Å². The Balaban J connectivity index is 1.58. The molecule has 0 aliphatic carbocycles. The van der Waals surface area contributed by atoms with Crippen LogP contribution in [-0.2, 0) is 4.79 Å². The van der Waals surface area contributed by atoms with Gasteiger partial charge in [0.2, 0.25) is 0 Å². The maximum Gasteiger partial charge on any atom is 0.263 e. The molecule has 5 nitrogen and oxygen atoms in total. The summed E-state index contributed by atoms with van der Waals surface area (Å²) in [5, 5.41) is 0.727. The van der Waals surface area contributed by atoms with Crippen molar-refractivity contribution >= 4 is 23.2 Å². The molecule has 0 radical (unpaired) electrons. The smallest absolute Gasteiger partial charge is 0.263 e. The van der Waals surface area contributed by atoms with Crippen LogP contribution in [-0.4, -0.2) is 50.2 Å². The number of anilines is 1. The van der Waals surface area contributed by atoms with Crippen molar-refractivity contribution in [3.05, 3.63) is 53.6 Å². The van der Waals surface area contributed by atoms with Crippen LogP contribution in [0.4, 0.5) is 5.69 Å². The summed E-state index contributed by atoms with van der Waals surface area (Å²) in [6.07, 6.45) is 0.149. The third-order valence-corrected chi connectivity index (χ3v) is 4.98. The summed E-state index contributed by atoms with van der Waals surface area (Å²) < 4.78 is 11.1. The molecule has 27 heavy (non-hydrogen) atoms. The minimum absolute atomic E-state index is 0.0408. The molecule has 1 aliphatic heterocycles. The van der Waals surface area contributed by atoms with Crippen LogP contribution in [0.15, 0.2) is 48.5 Å². The number of halogens is 1. The molecule has 1 amide bonds. The number of methoxy groups -OCH3 is 1. The average Bonchev–Trinajstić information content (AvgIpc) is 2.72. The number of rotatable bonds is 6. The van der Waals surface area contributed by atoms with E-state index in [0.29, 0.717) is 25.3 Å². The Labute approximate surface area is 165 Å². The highest BCUT2D eigenvalue weighted by Crippen LogP contribution is 2.22. The summed E-state index contributed by atoms with van der Waals surface area (Å²) in [6.45, 7) is 4.88. The number of hydrogen-bond acceptors (Lipinski definition) is 4. The number of ether oxygens (including phenoxy) is 2. The lowest BCUT2D eigenvalue weighted by molar-refractivity contribution is -0.139. The van der Waals surface area contributed by atoms with Gasteiger partial charge < -0.3 is 19.3 Å². The Kier molecular flexibility index (Phi) is 6.45. The minimum Gasteiger partial charge on any atom is -0.497 e. The van der Waals surface area contributed by atoms with E-state index in [0.717, 1.165) is 29.5 Å². The summed E-state index contributed by atoms with van der Waals surface area (Å²) in [4.78, 5) is 17.0. The van der Waals surface area contributed by atoms with E-state index < -0.39 is 6.10 Å². The van der Waals surface area contributed by atoms with Gasteiger partial charge in [-0.2, -0.15) is 0 Å². The van der Waals surface area contributed by atoms with Crippen molar-refractivity contribution in [2.45, 2.75) is 19.4 Å². The standard InChI is InChI=1S/C21H25ClN2O3/c1-3-20(27-19-9-7-18(26-2)8-10-19)21(25)24-13-11-23(12-14-24)17-6-4-5-16(22)15-17/h4-10,15,20H,3,11-14H2,1-2H3/t20-/m1/s1. The molecule has 0 bridgehead atoms. The fourth-order valence-corrected chi connectivity index (χ4v) is 3.37. The van der Waals surface area contributed by atoms with Gasteiger partial charge in [0.15, 0.2) is 6.10 Å². The normalized spacial score (nSPS) is 15.4. The van der Waals surface area contributed by atoms with Gasteiger partial charge in [-0.05, 0) is 48.9 Å². The molecule has 2 aromatic rings. The Morgan fingerprint density at radius 1 is 1.07 bits per heavy atom. The Morgan fingerprint density at radius 3 is 2.33 bits per heavy atom. The largest absolute Gasteiger partial charge is 0.497 e. The van der Waals surface area contributed by atoms with Crippen LogP contribution in [0.3, 0.4) is 0 Å². The molecule has 0 spiro atoms. The molecule has 1 saturated heterocycles. The summed E-state index contributed by atoms with van der Waals surface area (Å²) in [6, 6.07) is 15.1. The van der Waals surface area contributed by atoms with Gasteiger partial charge in [-0.25, -0.2) is 0 Å². The van der Waals surface area contributed by atoms with Crippen molar-refractivity contribution in [3.8, 4) is 11.5 Å². The van der Waals surface area contributed by atoms with E-state index in [2.05, 4.69) is 4.90 Å². The van der Waals surface area contributed by atoms with E-state index in [1.54, 1.807) is 7.11 Å². The zero-order valence-corrected chi connectivity index (χ0v) is 16.5. The second-order valence-corrected chi connectivity index (χ2v) is 6.92. The quantitative estimate of drug-likeness (QED) is 0.753. The average molecular weight is 389 g/mol. The Bertz CT molecular complexity index is 758. The van der Waals surface area contributed by atoms with Gasteiger partial charge in [0, 0.05) is 36.9 Å². The molecular formula is C21H25ClN2O3. The number of piperazine rings is 1. The molecule has 1 heterocycles. The van der Waals surface area contributed by atoms with Crippen LogP contribution in [0.5, 0.6) is 11.5 Å². The van der Waals surface area contributed by atoms with E-state index in [4.69, 9.17) is 21.1 Å². The van der Waals surface area contributed by atoms with Gasteiger partial charge in [0.1, 0.15) is 11.5 Å². The van der Waals surface area contributed by atoms with E-state index in [1.165, 1.54) is 0 Å². The van der Waals surface area contributed by atoms with Gasteiger partial charge in [0.05, 0.1) is 7.11 Å². The van der Waals surface area contributed by atoms with E-state index in [-0.39, 0.29) is 5.91 Å². The molecule has 2 aromatic carbocycles. The van der Waals surface area contributed by atoms with Gasteiger partial charge in [-0.3, -0.25) is 4.79 Å². The highest BCUT2D eigenvalue weighted by atomic mass is 35.5. The molecule has 1 aliphatic rings. The van der Waals surface area contributed by atoms with Crippen molar-refractivity contribution in [1.29, 1.82) is 0 Å². The molecule has 0 N–H and O–H groups in total. The molecule has 0 unspecified atom stereocenters. The van der Waals surface area contributed by atoms with Crippen molar-refractivity contribution in [3.63, 3.8) is 0 Å². The Morgan fingerprint density at radius 2 is 1.74 bits per heavy atom. The molecule has 3 rings (SSSR count). The molecule has 1 fully saturated rings. The van der Waals surface area contributed by atoms with Crippen molar-refractivity contribution < 1.29 is 14.3 Å². The monoisotopic (exact) mass is 388 g/mol. The molecule has 0 aromatic heterocycles. The van der Waals surface area contributed by atoms with Crippen molar-refractivity contribution in [1.82, 2.24) is 4.90 Å². The number of amides is 1. The summed E-state index contributed by atoms with van der Waals surface area (Å²) in [5.41, 5.74) is 1.09. The SMILES string of the molecule is CC[C@@H](Oc1ccc(OC)cc1)C(=O)N1CCN(c2cccc(Cl)c2)CC1. The van der Waals surface area contributed by atoms with Crippen LogP contribution in [0, 0.1) is 0 Å². The van der Waals surface area contributed by atoms with Crippen LogP contribution < -0.4 is 14.4 Å². The van der Waals surface area contributed by atoms with Gasteiger partial charge in [-0.1, -0.05) is 24.6 Å². The molecule has 6 heteroatoms. The summed E-state index contributed by atoms with van der Waals surface area (Å²) in [7, 11) is 1.62. The summed E-state index contributed by atoms with van der Waals surface area (Å²) in [5.74, 6) is 1.48. The topological polar surface area (TPSA) is 42.0 Å². The Hall–Kier alpha value is -2.40. The molecule has 144 valence electrons. The lowest BCUT2D eigenvalue weighted by atomic mass is 10.2. The molecule has 0 saturated carbocycles. The van der Waals surface area contributed by atoms with E-state index in [1.807, 2.05) is 60.4 Å². The predicted molar refractivity (Wildman–Crippen MR) is 108 cm³/mol. The highest BCUT2D eigenvalue weighted by molar-refractivity contribution is 6.30. The first-order chi connectivity index (χ1) is 13.1. The minimum atomic E-state index is -0.476. The summed E-state index contributed by atoms with van der Waals surface area (Å²) >= 11 is 6.08. The van der Waals surface area contributed by atoms with Gasteiger partial charge in [0.25, 0.3) is 5.91 Å². The van der Waals surface area contributed by atoms with E-state index >= 15 is 0 Å². The number of hydrogen-bond donors (Lipinski definition) is 0. The first kappa shape index (κ1) is 19.4.